The van der Waals surface area contributed by atoms with Crippen LogP contribution in [0.2, 0.25) is 0 Å². The zero-order valence-electron chi connectivity index (χ0n) is 33.6. The second-order valence-corrected chi connectivity index (χ2v) is 17.2. The van der Waals surface area contributed by atoms with E-state index in [1.54, 1.807) is 43.3 Å². The molecule has 310 valence electrons. The van der Waals surface area contributed by atoms with Crippen molar-refractivity contribution in [3.63, 3.8) is 0 Å². The van der Waals surface area contributed by atoms with Gasteiger partial charge in [0.1, 0.15) is 23.3 Å². The van der Waals surface area contributed by atoms with Gasteiger partial charge in [-0.25, -0.2) is 9.78 Å². The van der Waals surface area contributed by atoms with Crippen molar-refractivity contribution >= 4 is 30.4 Å². The van der Waals surface area contributed by atoms with Gasteiger partial charge in [-0.3, -0.25) is 14.2 Å². The van der Waals surface area contributed by atoms with Gasteiger partial charge in [0.25, 0.3) is 5.56 Å². The molecule has 12 nitrogen and oxygen atoms in total. The SMILES string of the molecule is CC[C@H](NC(=O)[C@@H]1C[C@@](C)(NC(=O)Nc2ccccc2Oc2ccccc2)c2ncc(NCc3cccc(C(F)(F)F)c3)c(=O)n21)B1OC2C3CC(C[C@]2(C)O1)C3(C)C. The van der Waals surface area contributed by atoms with E-state index in [1.165, 1.54) is 22.9 Å². The Morgan fingerprint density at radius 1 is 1.00 bits per heavy atom. The van der Waals surface area contributed by atoms with Crippen LogP contribution < -0.4 is 31.6 Å². The summed E-state index contributed by atoms with van der Waals surface area (Å²) in [4.78, 5) is 47.2. The molecule has 3 aromatic carbocycles. The van der Waals surface area contributed by atoms with Crippen molar-refractivity contribution in [1.29, 1.82) is 0 Å². The summed E-state index contributed by atoms with van der Waals surface area (Å²) in [5.74, 6) is 0.908. The number of ether oxygens (including phenoxy) is 1. The minimum Gasteiger partial charge on any atom is -0.455 e. The number of amides is 3. The second kappa shape index (κ2) is 15.0. The highest BCUT2D eigenvalue weighted by Crippen LogP contribution is 2.64. The maximum Gasteiger partial charge on any atom is 0.481 e. The fourth-order valence-electron chi connectivity index (χ4n) is 9.46. The molecule has 3 saturated carbocycles. The zero-order valence-corrected chi connectivity index (χ0v) is 33.6. The Labute approximate surface area is 340 Å². The molecule has 1 saturated heterocycles. The summed E-state index contributed by atoms with van der Waals surface area (Å²) < 4.78 is 60.8. The molecule has 2 aliphatic heterocycles. The molecule has 16 heteroatoms. The highest BCUT2D eigenvalue weighted by molar-refractivity contribution is 6.47. The molecule has 4 aromatic rings. The number of urea groups is 1. The van der Waals surface area contributed by atoms with Crippen LogP contribution in [-0.2, 0) is 32.4 Å². The Kier molecular flexibility index (Phi) is 10.3. The molecule has 3 amide bonds. The van der Waals surface area contributed by atoms with E-state index in [0.29, 0.717) is 35.4 Å². The first-order valence-corrected chi connectivity index (χ1v) is 20.1. The molecule has 5 aliphatic rings. The van der Waals surface area contributed by atoms with Gasteiger partial charge >= 0.3 is 19.3 Å². The number of carbonyl (C=O) groups excluding carboxylic acids is 2. The Morgan fingerprint density at radius 3 is 2.47 bits per heavy atom. The average molecular weight is 813 g/mol. The van der Waals surface area contributed by atoms with Gasteiger partial charge in [-0.05, 0) is 92.3 Å². The molecule has 1 aromatic heterocycles. The third-order valence-corrected chi connectivity index (χ3v) is 12.9. The van der Waals surface area contributed by atoms with Gasteiger partial charge in [0.2, 0.25) is 5.91 Å². The lowest BCUT2D eigenvalue weighted by atomic mass is 9.45. The van der Waals surface area contributed by atoms with E-state index in [1.807, 2.05) is 25.1 Å². The molecule has 0 radical (unpaired) electrons. The van der Waals surface area contributed by atoms with Gasteiger partial charge in [0.15, 0.2) is 5.75 Å². The van der Waals surface area contributed by atoms with E-state index in [9.17, 15) is 27.6 Å². The molecule has 3 unspecified atom stereocenters. The average Bonchev–Trinajstić information content (AvgIpc) is 3.71. The van der Waals surface area contributed by atoms with Crippen LogP contribution in [0.3, 0.4) is 0 Å². The van der Waals surface area contributed by atoms with Gasteiger partial charge < -0.3 is 35.3 Å². The number of rotatable bonds is 11. The van der Waals surface area contributed by atoms with Crippen molar-refractivity contribution in [3.05, 3.63) is 112 Å². The summed E-state index contributed by atoms with van der Waals surface area (Å²) in [6, 6.07) is 19.0. The molecular formula is C43H48BF3N6O6. The molecule has 7 atom stereocenters. The largest absolute Gasteiger partial charge is 0.481 e. The first-order chi connectivity index (χ1) is 28.0. The fraction of sp³-hybridized carbons (Fsp3) is 0.442. The van der Waals surface area contributed by atoms with Gasteiger partial charge in [-0.1, -0.05) is 63.2 Å². The first-order valence-electron chi connectivity index (χ1n) is 20.1. The summed E-state index contributed by atoms with van der Waals surface area (Å²) in [6.07, 6.45) is -1.01. The van der Waals surface area contributed by atoms with E-state index >= 15 is 0 Å². The number of hydrogen-bond donors (Lipinski definition) is 4. The van der Waals surface area contributed by atoms with Crippen molar-refractivity contribution in [2.24, 2.45) is 17.3 Å². The summed E-state index contributed by atoms with van der Waals surface area (Å²) in [5, 5.41) is 11.8. The van der Waals surface area contributed by atoms with Crippen molar-refractivity contribution in [2.75, 3.05) is 10.6 Å². The Bertz CT molecular complexity index is 2310. The lowest BCUT2D eigenvalue weighted by molar-refractivity contribution is -0.185. The van der Waals surface area contributed by atoms with Crippen LogP contribution in [0.5, 0.6) is 11.5 Å². The molecule has 2 bridgehead atoms. The van der Waals surface area contributed by atoms with Gasteiger partial charge in [0, 0.05) is 13.0 Å². The maximum absolute atomic E-state index is 14.5. The second-order valence-electron chi connectivity index (χ2n) is 17.2. The monoisotopic (exact) mass is 812 g/mol. The molecule has 3 heterocycles. The van der Waals surface area contributed by atoms with Crippen molar-refractivity contribution in [2.45, 2.75) is 102 Å². The lowest BCUT2D eigenvalue weighted by Gasteiger charge is -2.63. The van der Waals surface area contributed by atoms with Crippen LogP contribution >= 0.6 is 0 Å². The number of benzene rings is 3. The Balaban J connectivity index is 1.05. The number of fused-ring (bicyclic) bond motifs is 1. The maximum atomic E-state index is 14.5. The lowest BCUT2D eigenvalue weighted by Crippen LogP contribution is -2.63. The molecule has 0 spiro atoms. The summed E-state index contributed by atoms with van der Waals surface area (Å²) in [5.41, 5.74) is -2.48. The van der Waals surface area contributed by atoms with E-state index < -0.39 is 59.5 Å². The molecule has 59 heavy (non-hydrogen) atoms. The minimum absolute atomic E-state index is 0.0299. The number of aromatic nitrogens is 2. The zero-order chi connectivity index (χ0) is 41.9. The van der Waals surface area contributed by atoms with E-state index in [0.717, 1.165) is 25.0 Å². The molecular weight excluding hydrogens is 764 g/mol. The number of carbonyl (C=O) groups is 2. The number of nitrogens with one attached hydrogen (secondary N) is 4. The topological polar surface area (TPSA) is 145 Å². The molecule has 4 N–H and O–H groups in total. The molecule has 4 fully saturated rings. The summed E-state index contributed by atoms with van der Waals surface area (Å²) in [6.45, 7) is 10.1. The van der Waals surface area contributed by atoms with Crippen molar-refractivity contribution in [1.82, 2.24) is 20.2 Å². The highest BCUT2D eigenvalue weighted by atomic mass is 19.4. The van der Waals surface area contributed by atoms with Crippen LogP contribution in [0.15, 0.2) is 89.9 Å². The third kappa shape index (κ3) is 7.56. The predicted octanol–water partition coefficient (Wildman–Crippen LogP) is 7.81. The van der Waals surface area contributed by atoms with E-state index in [4.69, 9.17) is 14.0 Å². The molecule has 3 aliphatic carbocycles. The smallest absolute Gasteiger partial charge is 0.455 e. The van der Waals surface area contributed by atoms with Crippen LogP contribution in [-0.4, -0.2) is 46.3 Å². The fourth-order valence-corrected chi connectivity index (χ4v) is 9.46. The number of halogens is 3. The quantitative estimate of drug-likeness (QED) is 0.112. The number of nitrogens with zero attached hydrogens (tertiary/aromatic N) is 2. The Morgan fingerprint density at radius 2 is 1.75 bits per heavy atom. The normalized spacial score (nSPS) is 26.8. The summed E-state index contributed by atoms with van der Waals surface area (Å²) in [7, 11) is -0.709. The van der Waals surface area contributed by atoms with Crippen LogP contribution in [0.25, 0.3) is 0 Å². The van der Waals surface area contributed by atoms with E-state index in [2.05, 4.69) is 47.0 Å². The van der Waals surface area contributed by atoms with Crippen molar-refractivity contribution in [3.8, 4) is 11.5 Å². The molecule has 9 rings (SSSR count). The first kappa shape index (κ1) is 40.4. The van der Waals surface area contributed by atoms with Gasteiger partial charge in [0.05, 0.1) is 40.6 Å². The number of para-hydroxylation sites is 3. The third-order valence-electron chi connectivity index (χ3n) is 12.9. The number of anilines is 2. The Hall–Kier alpha value is -5.35. The highest BCUT2D eigenvalue weighted by Gasteiger charge is 2.67. The predicted molar refractivity (Wildman–Crippen MR) is 216 cm³/mol. The van der Waals surface area contributed by atoms with Crippen LogP contribution in [0.1, 0.15) is 83.3 Å². The summed E-state index contributed by atoms with van der Waals surface area (Å²) >= 11 is 0. The number of alkyl halides is 3. The van der Waals surface area contributed by atoms with Gasteiger partial charge in [-0.2, -0.15) is 13.2 Å². The van der Waals surface area contributed by atoms with E-state index in [-0.39, 0.29) is 41.6 Å². The number of hydrogen-bond acceptors (Lipinski definition) is 8. The van der Waals surface area contributed by atoms with Crippen LogP contribution in [0, 0.1) is 17.3 Å². The minimum atomic E-state index is -4.54. The van der Waals surface area contributed by atoms with Crippen LogP contribution in [0.4, 0.5) is 29.3 Å². The van der Waals surface area contributed by atoms with Crippen molar-refractivity contribution < 1.29 is 36.8 Å². The standard InChI is InChI=1S/C43H48BF3N6O6/c1-6-34(44-58-35-29-20-27(40(29,2)3)21-42(35,5)59-44)51-36(54)32-22-41(4,52-39(56)50-30-17-10-11-18-33(30)57-28-15-8-7-9-16-28)38-49-24-31(37(55)53(32)38)48-23-25-13-12-14-26(19-25)43(45,46)47/h7-19,24,27,29,32,34-35,48H,6,20-23H2,1-5H3,(H,51,54)(H2,50,52,56)/t27?,29?,32-,34-,35?,41+,42-/m0/s1. The van der Waals surface area contributed by atoms with Gasteiger partial charge in [-0.15, -0.1) is 0 Å².